The Morgan fingerprint density at radius 3 is 3.00 bits per heavy atom. The first-order valence-electron chi connectivity index (χ1n) is 8.15. The highest BCUT2D eigenvalue weighted by Gasteiger charge is 2.31. The fourth-order valence-corrected chi connectivity index (χ4v) is 3.33. The molecule has 2 N–H and O–H groups in total. The van der Waals surface area contributed by atoms with E-state index in [1.54, 1.807) is 12.1 Å². The highest BCUT2D eigenvalue weighted by Crippen LogP contribution is 2.24. The average molecular weight is 384 g/mol. The van der Waals surface area contributed by atoms with Crippen LogP contribution in [0.15, 0.2) is 23.2 Å². The number of carbonyl (C=O) groups excluding carboxylic acids is 2. The second-order valence-corrected chi connectivity index (χ2v) is 7.15. The molecule has 6 nitrogen and oxygen atoms in total. The lowest BCUT2D eigenvalue weighted by Gasteiger charge is -2.08. The molecule has 136 valence electrons. The molecule has 0 bridgehead atoms. The van der Waals surface area contributed by atoms with Gasteiger partial charge in [-0.1, -0.05) is 29.4 Å². The number of rotatable bonds is 8. The number of aryl methyl sites for hydroxylation is 1. The van der Waals surface area contributed by atoms with Crippen LogP contribution < -0.4 is 10.6 Å². The summed E-state index contributed by atoms with van der Waals surface area (Å²) in [5, 5.41) is 6.17. The molecule has 0 saturated carbocycles. The van der Waals surface area contributed by atoms with Crippen molar-refractivity contribution in [2.24, 2.45) is 4.99 Å². The molecule has 1 aliphatic heterocycles. The largest absolute Gasteiger partial charge is 0.382 e. The molecule has 1 saturated heterocycles. The molecule has 1 fully saturated rings. The number of nitrogens with one attached hydrogen (secondary N) is 2. The van der Waals surface area contributed by atoms with Crippen LogP contribution in [0.3, 0.4) is 0 Å². The molecule has 2 rings (SSSR count). The van der Waals surface area contributed by atoms with Gasteiger partial charge in [0.15, 0.2) is 5.17 Å². The van der Waals surface area contributed by atoms with Crippen molar-refractivity contribution in [2.45, 2.75) is 31.9 Å². The van der Waals surface area contributed by atoms with Crippen molar-refractivity contribution in [3.63, 3.8) is 0 Å². The highest BCUT2D eigenvalue weighted by molar-refractivity contribution is 8.15. The van der Waals surface area contributed by atoms with Crippen molar-refractivity contribution in [3.8, 4) is 0 Å². The van der Waals surface area contributed by atoms with E-state index in [4.69, 9.17) is 16.3 Å². The normalized spacial score (nSPS) is 18.4. The first-order chi connectivity index (χ1) is 12.0. The minimum Gasteiger partial charge on any atom is -0.382 e. The first-order valence-corrected chi connectivity index (χ1v) is 9.41. The zero-order valence-corrected chi connectivity index (χ0v) is 15.9. The Hall–Kier alpha value is -1.57. The van der Waals surface area contributed by atoms with Crippen LogP contribution in [0.5, 0.6) is 0 Å². The number of benzene rings is 1. The van der Waals surface area contributed by atoms with Gasteiger partial charge in [0.1, 0.15) is 5.25 Å². The lowest BCUT2D eigenvalue weighted by molar-refractivity contribution is -0.122. The SMILES string of the molecule is CCOCCCN=C1NC(=O)[C@@H](CC(=O)Nc2ccc(C)c(Cl)c2)S1. The van der Waals surface area contributed by atoms with Gasteiger partial charge in [-0.05, 0) is 38.0 Å². The van der Waals surface area contributed by atoms with Crippen LogP contribution in [0.2, 0.25) is 5.02 Å². The number of halogens is 1. The maximum absolute atomic E-state index is 12.1. The molecular formula is C17H22ClN3O3S. The van der Waals surface area contributed by atoms with E-state index in [9.17, 15) is 9.59 Å². The van der Waals surface area contributed by atoms with Crippen LogP contribution in [-0.2, 0) is 14.3 Å². The van der Waals surface area contributed by atoms with Crippen molar-refractivity contribution < 1.29 is 14.3 Å². The van der Waals surface area contributed by atoms with E-state index >= 15 is 0 Å². The third-order valence-corrected chi connectivity index (χ3v) is 5.04. The Kier molecular flexibility index (Phi) is 7.74. The van der Waals surface area contributed by atoms with Crippen molar-refractivity contribution >= 4 is 46.0 Å². The standard InChI is InChI=1S/C17H22ClN3O3S/c1-3-24-8-4-7-19-17-21-16(23)14(25-17)10-15(22)20-12-6-5-11(2)13(18)9-12/h5-6,9,14H,3-4,7-8,10H2,1-2H3,(H,20,22)(H,19,21,23)/t14-/m1/s1. The summed E-state index contributed by atoms with van der Waals surface area (Å²) in [5.74, 6) is -0.421. The van der Waals surface area contributed by atoms with E-state index in [-0.39, 0.29) is 18.2 Å². The van der Waals surface area contributed by atoms with Crippen molar-refractivity contribution in [1.82, 2.24) is 5.32 Å². The molecule has 8 heteroatoms. The lowest BCUT2D eigenvalue weighted by Crippen LogP contribution is -2.28. The smallest absolute Gasteiger partial charge is 0.240 e. The van der Waals surface area contributed by atoms with E-state index in [2.05, 4.69) is 15.6 Å². The predicted molar refractivity (Wildman–Crippen MR) is 102 cm³/mol. The summed E-state index contributed by atoms with van der Waals surface area (Å²) in [5.41, 5.74) is 1.56. The van der Waals surface area contributed by atoms with E-state index < -0.39 is 5.25 Å². The number of hydrogen-bond donors (Lipinski definition) is 2. The number of ether oxygens (including phenoxy) is 1. The zero-order chi connectivity index (χ0) is 18.2. The van der Waals surface area contributed by atoms with E-state index in [1.165, 1.54) is 11.8 Å². The summed E-state index contributed by atoms with van der Waals surface area (Å²) in [6.45, 7) is 5.76. The maximum Gasteiger partial charge on any atom is 0.240 e. The van der Waals surface area contributed by atoms with Gasteiger partial charge >= 0.3 is 0 Å². The Balaban J connectivity index is 1.81. The molecule has 1 aliphatic rings. The van der Waals surface area contributed by atoms with Gasteiger partial charge in [0, 0.05) is 36.9 Å². The number of hydrogen-bond acceptors (Lipinski definition) is 5. The lowest BCUT2D eigenvalue weighted by atomic mass is 10.2. The summed E-state index contributed by atoms with van der Waals surface area (Å²) in [6.07, 6.45) is 0.882. The molecule has 0 radical (unpaired) electrons. The summed E-state index contributed by atoms with van der Waals surface area (Å²) < 4.78 is 5.24. The molecule has 0 unspecified atom stereocenters. The van der Waals surface area contributed by atoms with Crippen LogP contribution >= 0.6 is 23.4 Å². The number of amides is 2. The minimum atomic E-state index is -0.466. The van der Waals surface area contributed by atoms with Crippen LogP contribution in [-0.4, -0.2) is 42.0 Å². The fraction of sp³-hybridized carbons (Fsp3) is 0.471. The Morgan fingerprint density at radius 1 is 1.48 bits per heavy atom. The minimum absolute atomic E-state index is 0.0833. The molecule has 0 spiro atoms. The van der Waals surface area contributed by atoms with E-state index in [0.29, 0.717) is 35.6 Å². The van der Waals surface area contributed by atoms with Gasteiger partial charge in [-0.3, -0.25) is 14.6 Å². The summed E-state index contributed by atoms with van der Waals surface area (Å²) in [6, 6.07) is 5.32. The van der Waals surface area contributed by atoms with Gasteiger partial charge < -0.3 is 15.4 Å². The van der Waals surface area contributed by atoms with Gasteiger partial charge in [-0.15, -0.1) is 0 Å². The molecule has 1 heterocycles. The zero-order valence-electron chi connectivity index (χ0n) is 14.3. The van der Waals surface area contributed by atoms with Gasteiger partial charge in [0.25, 0.3) is 0 Å². The number of aliphatic imine (C=N–C) groups is 1. The van der Waals surface area contributed by atoms with E-state index in [1.807, 2.05) is 19.9 Å². The van der Waals surface area contributed by atoms with E-state index in [0.717, 1.165) is 12.0 Å². The van der Waals surface area contributed by atoms with Crippen LogP contribution in [0.1, 0.15) is 25.3 Å². The van der Waals surface area contributed by atoms with Crippen LogP contribution in [0.4, 0.5) is 5.69 Å². The van der Waals surface area contributed by atoms with Gasteiger partial charge in [0.2, 0.25) is 11.8 Å². The topological polar surface area (TPSA) is 79.8 Å². The quantitative estimate of drug-likeness (QED) is 0.676. The van der Waals surface area contributed by atoms with Crippen molar-refractivity contribution in [3.05, 3.63) is 28.8 Å². The average Bonchev–Trinajstić information content (AvgIpc) is 2.90. The van der Waals surface area contributed by atoms with Crippen molar-refractivity contribution in [1.29, 1.82) is 0 Å². The summed E-state index contributed by atoms with van der Waals surface area (Å²) in [4.78, 5) is 28.4. The fourth-order valence-electron chi connectivity index (χ4n) is 2.16. The third kappa shape index (κ3) is 6.34. The summed E-state index contributed by atoms with van der Waals surface area (Å²) in [7, 11) is 0. The predicted octanol–water partition coefficient (Wildman–Crippen LogP) is 2.99. The second-order valence-electron chi connectivity index (χ2n) is 5.55. The highest BCUT2D eigenvalue weighted by atomic mass is 35.5. The Bertz CT molecular complexity index is 667. The van der Waals surface area contributed by atoms with Gasteiger partial charge in [0.05, 0.1) is 0 Å². The Labute approximate surface area is 156 Å². The monoisotopic (exact) mass is 383 g/mol. The number of nitrogens with zero attached hydrogens (tertiary/aromatic N) is 1. The van der Waals surface area contributed by atoms with Crippen LogP contribution in [0.25, 0.3) is 0 Å². The third-order valence-electron chi connectivity index (χ3n) is 3.51. The number of thioether (sulfide) groups is 1. The summed E-state index contributed by atoms with van der Waals surface area (Å²) >= 11 is 7.33. The molecule has 25 heavy (non-hydrogen) atoms. The molecule has 1 aromatic rings. The van der Waals surface area contributed by atoms with Crippen LogP contribution in [0, 0.1) is 6.92 Å². The molecule has 1 atom stereocenters. The Morgan fingerprint density at radius 2 is 2.28 bits per heavy atom. The molecule has 2 amide bonds. The first kappa shape index (κ1) is 19.8. The van der Waals surface area contributed by atoms with Gasteiger partial charge in [-0.2, -0.15) is 0 Å². The second kappa shape index (κ2) is 9.79. The number of anilines is 1. The maximum atomic E-state index is 12.1. The van der Waals surface area contributed by atoms with Crippen molar-refractivity contribution in [2.75, 3.05) is 25.1 Å². The molecule has 1 aromatic carbocycles. The molecule has 0 aliphatic carbocycles. The van der Waals surface area contributed by atoms with Gasteiger partial charge in [-0.25, -0.2) is 0 Å². The molecule has 0 aromatic heterocycles. The molecular weight excluding hydrogens is 362 g/mol. The number of amidine groups is 1. The number of carbonyl (C=O) groups is 2.